The molecule has 1 aliphatic heterocycles. The van der Waals surface area contributed by atoms with Crippen molar-refractivity contribution in [1.29, 1.82) is 0 Å². The fourth-order valence-electron chi connectivity index (χ4n) is 2.23. The largest absolute Gasteiger partial charge is 0.317 e. The minimum atomic E-state index is -0.125. The Morgan fingerprint density at radius 2 is 1.93 bits per heavy atom. The van der Waals surface area contributed by atoms with Gasteiger partial charge in [0.25, 0.3) is 0 Å². The molecule has 1 heterocycles. The lowest BCUT2D eigenvalue weighted by Crippen LogP contribution is -2.26. The van der Waals surface area contributed by atoms with E-state index in [4.69, 9.17) is 0 Å². The van der Waals surface area contributed by atoms with Gasteiger partial charge >= 0.3 is 0 Å². The van der Waals surface area contributed by atoms with Crippen molar-refractivity contribution in [3.05, 3.63) is 35.1 Å². The summed E-state index contributed by atoms with van der Waals surface area (Å²) in [7, 11) is 0. The average molecular weight is 230 g/mol. The Hall–Kier alpha value is -0.600. The molecule has 1 aliphatic rings. The number of rotatable bonds is 1. The van der Waals surface area contributed by atoms with Crippen LogP contribution < -0.4 is 5.32 Å². The van der Waals surface area contributed by atoms with Gasteiger partial charge in [-0.1, -0.05) is 6.07 Å². The van der Waals surface area contributed by atoms with Crippen LogP contribution in [0.15, 0.2) is 18.2 Å². The predicted molar refractivity (Wildman–Crippen MR) is 63.2 cm³/mol. The quantitative estimate of drug-likeness (QED) is 0.781. The summed E-state index contributed by atoms with van der Waals surface area (Å²) in [6, 6.07) is 5.16. The standard InChI is InChI=1S/C12H16FN.ClH/c1-9-8-11(13)2-3-12(9)10-4-6-14-7-5-10;/h2-3,8,10,14H,4-7H2,1H3;1H. The third kappa shape index (κ3) is 2.93. The highest BCUT2D eigenvalue weighted by atomic mass is 35.5. The zero-order valence-corrected chi connectivity index (χ0v) is 9.74. The summed E-state index contributed by atoms with van der Waals surface area (Å²) < 4.78 is 12.9. The second-order valence-corrected chi connectivity index (χ2v) is 4.03. The molecule has 1 aromatic carbocycles. The van der Waals surface area contributed by atoms with Crippen LogP contribution in [0.1, 0.15) is 29.9 Å². The van der Waals surface area contributed by atoms with Crippen LogP contribution in [0, 0.1) is 12.7 Å². The number of nitrogens with one attached hydrogen (secondary N) is 1. The minimum absolute atomic E-state index is 0. The van der Waals surface area contributed by atoms with E-state index in [0.717, 1.165) is 18.7 Å². The van der Waals surface area contributed by atoms with Gasteiger partial charge in [0.15, 0.2) is 0 Å². The first-order chi connectivity index (χ1) is 6.77. The van der Waals surface area contributed by atoms with Crippen LogP contribution in [0.25, 0.3) is 0 Å². The molecule has 0 unspecified atom stereocenters. The molecule has 0 spiro atoms. The van der Waals surface area contributed by atoms with Crippen LogP contribution in [-0.4, -0.2) is 13.1 Å². The van der Waals surface area contributed by atoms with Gasteiger partial charge in [0.1, 0.15) is 5.82 Å². The molecule has 0 atom stereocenters. The van der Waals surface area contributed by atoms with Crippen molar-refractivity contribution < 1.29 is 4.39 Å². The fourth-order valence-corrected chi connectivity index (χ4v) is 2.23. The van der Waals surface area contributed by atoms with Crippen molar-refractivity contribution in [2.45, 2.75) is 25.7 Å². The Morgan fingerprint density at radius 1 is 1.27 bits per heavy atom. The van der Waals surface area contributed by atoms with Gasteiger partial charge in [0.05, 0.1) is 0 Å². The summed E-state index contributed by atoms with van der Waals surface area (Å²) in [5, 5.41) is 3.34. The SMILES string of the molecule is Cc1cc(F)ccc1C1CCNCC1.Cl. The summed E-state index contributed by atoms with van der Waals surface area (Å²) in [5.74, 6) is 0.497. The summed E-state index contributed by atoms with van der Waals surface area (Å²) >= 11 is 0. The molecule has 1 aromatic rings. The van der Waals surface area contributed by atoms with E-state index < -0.39 is 0 Å². The first-order valence-corrected chi connectivity index (χ1v) is 5.24. The van der Waals surface area contributed by atoms with Gasteiger partial charge in [-0.2, -0.15) is 0 Å². The smallest absolute Gasteiger partial charge is 0.123 e. The topological polar surface area (TPSA) is 12.0 Å². The molecule has 1 nitrogen and oxygen atoms in total. The predicted octanol–water partition coefficient (Wildman–Crippen LogP) is 3.02. The zero-order chi connectivity index (χ0) is 9.97. The molecule has 1 N–H and O–H groups in total. The van der Waals surface area contributed by atoms with Crippen LogP contribution in [0.5, 0.6) is 0 Å². The van der Waals surface area contributed by atoms with Gasteiger partial charge in [0.2, 0.25) is 0 Å². The lowest BCUT2D eigenvalue weighted by atomic mass is 9.87. The van der Waals surface area contributed by atoms with Crippen LogP contribution in [0.4, 0.5) is 4.39 Å². The zero-order valence-electron chi connectivity index (χ0n) is 8.92. The maximum Gasteiger partial charge on any atom is 0.123 e. The van der Waals surface area contributed by atoms with Crippen molar-refractivity contribution >= 4 is 12.4 Å². The second-order valence-electron chi connectivity index (χ2n) is 4.03. The van der Waals surface area contributed by atoms with Crippen molar-refractivity contribution in [1.82, 2.24) is 5.32 Å². The van der Waals surface area contributed by atoms with Gasteiger partial charge in [-0.25, -0.2) is 4.39 Å². The van der Waals surface area contributed by atoms with Gasteiger partial charge in [-0.15, -0.1) is 12.4 Å². The van der Waals surface area contributed by atoms with E-state index in [9.17, 15) is 4.39 Å². The van der Waals surface area contributed by atoms with E-state index in [2.05, 4.69) is 5.32 Å². The number of hydrogen-bond donors (Lipinski definition) is 1. The van der Waals surface area contributed by atoms with Crippen molar-refractivity contribution in [3.63, 3.8) is 0 Å². The lowest BCUT2D eigenvalue weighted by molar-refractivity contribution is 0.458. The number of halogens is 2. The molecule has 0 radical (unpaired) electrons. The average Bonchev–Trinajstić information content (AvgIpc) is 2.19. The van der Waals surface area contributed by atoms with E-state index in [1.807, 2.05) is 13.0 Å². The summed E-state index contributed by atoms with van der Waals surface area (Å²) in [4.78, 5) is 0. The number of hydrogen-bond acceptors (Lipinski definition) is 1. The van der Waals surface area contributed by atoms with Crippen molar-refractivity contribution in [2.24, 2.45) is 0 Å². The van der Waals surface area contributed by atoms with E-state index in [0.29, 0.717) is 5.92 Å². The number of aryl methyl sites for hydroxylation is 1. The Bertz CT molecular complexity index is 321. The lowest BCUT2D eigenvalue weighted by Gasteiger charge is -2.24. The Labute approximate surface area is 96.5 Å². The molecular formula is C12H17ClFN. The summed E-state index contributed by atoms with van der Waals surface area (Å²) in [5.41, 5.74) is 2.42. The monoisotopic (exact) mass is 229 g/mol. The molecular weight excluding hydrogens is 213 g/mol. The van der Waals surface area contributed by atoms with Crippen molar-refractivity contribution in [3.8, 4) is 0 Å². The van der Waals surface area contributed by atoms with E-state index in [1.54, 1.807) is 12.1 Å². The maximum atomic E-state index is 12.9. The number of benzene rings is 1. The third-order valence-electron chi connectivity index (χ3n) is 3.01. The highest BCUT2D eigenvalue weighted by Crippen LogP contribution is 2.27. The van der Waals surface area contributed by atoms with Gasteiger partial charge in [-0.05, 0) is 62.0 Å². The molecule has 3 heteroatoms. The van der Waals surface area contributed by atoms with Crippen LogP contribution in [0.3, 0.4) is 0 Å². The highest BCUT2D eigenvalue weighted by Gasteiger charge is 2.16. The normalized spacial score (nSPS) is 17.2. The van der Waals surface area contributed by atoms with Gasteiger partial charge in [0, 0.05) is 0 Å². The van der Waals surface area contributed by atoms with Crippen LogP contribution in [-0.2, 0) is 0 Å². The van der Waals surface area contributed by atoms with Crippen LogP contribution in [0.2, 0.25) is 0 Å². The van der Waals surface area contributed by atoms with Gasteiger partial charge < -0.3 is 5.32 Å². The first kappa shape index (κ1) is 12.5. The highest BCUT2D eigenvalue weighted by molar-refractivity contribution is 5.85. The van der Waals surface area contributed by atoms with Crippen molar-refractivity contribution in [2.75, 3.05) is 13.1 Å². The molecule has 1 saturated heterocycles. The van der Waals surface area contributed by atoms with Crippen LogP contribution >= 0.6 is 12.4 Å². The minimum Gasteiger partial charge on any atom is -0.317 e. The Balaban J connectivity index is 0.00000112. The molecule has 0 amide bonds. The number of piperidine rings is 1. The van der Waals surface area contributed by atoms with E-state index in [1.165, 1.54) is 18.4 Å². The van der Waals surface area contributed by atoms with Gasteiger partial charge in [-0.3, -0.25) is 0 Å². The molecule has 0 saturated carbocycles. The van der Waals surface area contributed by atoms with E-state index in [-0.39, 0.29) is 18.2 Å². The maximum absolute atomic E-state index is 12.9. The molecule has 0 bridgehead atoms. The molecule has 0 aromatic heterocycles. The molecule has 2 rings (SSSR count). The Morgan fingerprint density at radius 3 is 2.53 bits per heavy atom. The fraction of sp³-hybridized carbons (Fsp3) is 0.500. The van der Waals surface area contributed by atoms with E-state index >= 15 is 0 Å². The summed E-state index contributed by atoms with van der Waals surface area (Å²) in [6.45, 7) is 4.17. The molecule has 15 heavy (non-hydrogen) atoms. The molecule has 1 fully saturated rings. The summed E-state index contributed by atoms with van der Waals surface area (Å²) in [6.07, 6.45) is 2.35. The molecule has 0 aliphatic carbocycles. The second kappa shape index (κ2) is 5.47. The first-order valence-electron chi connectivity index (χ1n) is 5.24. The Kier molecular flexibility index (Phi) is 4.55. The third-order valence-corrected chi connectivity index (χ3v) is 3.01. The molecule has 84 valence electrons.